The van der Waals surface area contributed by atoms with Crippen LogP contribution in [0, 0.1) is 10.1 Å². The fraction of sp³-hybridized carbons (Fsp3) is 0.250. The van der Waals surface area contributed by atoms with E-state index in [-0.39, 0.29) is 11.4 Å². The number of carbonyl (C=O) groups is 1. The van der Waals surface area contributed by atoms with E-state index in [0.29, 0.717) is 6.54 Å². The summed E-state index contributed by atoms with van der Waals surface area (Å²) in [6.07, 6.45) is 3.82. The van der Waals surface area contributed by atoms with Gasteiger partial charge in [-0.2, -0.15) is 4.68 Å². The van der Waals surface area contributed by atoms with E-state index < -0.39 is 10.8 Å². The molecule has 0 spiro atoms. The molecule has 1 rings (SSSR count). The zero-order valence-electron chi connectivity index (χ0n) is 8.08. The summed E-state index contributed by atoms with van der Waals surface area (Å²) in [5, 5.41) is 14.3. The summed E-state index contributed by atoms with van der Waals surface area (Å²) < 4.78 is 1.42. The van der Waals surface area contributed by atoms with Gasteiger partial charge in [-0.1, -0.05) is 0 Å². The third-order valence-electron chi connectivity index (χ3n) is 1.69. The highest BCUT2D eigenvalue weighted by Crippen LogP contribution is 2.17. The van der Waals surface area contributed by atoms with Crippen molar-refractivity contribution >= 4 is 17.8 Å². The van der Waals surface area contributed by atoms with Gasteiger partial charge in [0.2, 0.25) is 5.91 Å². The van der Waals surface area contributed by atoms with Crippen LogP contribution in [-0.4, -0.2) is 20.6 Å². The Morgan fingerprint density at radius 1 is 1.80 bits per heavy atom. The summed E-state index contributed by atoms with van der Waals surface area (Å²) in [5.74, 6) is -0.942. The molecule has 0 aliphatic carbocycles. The number of nitro groups is 1. The van der Waals surface area contributed by atoms with Crippen LogP contribution in [0.4, 0.5) is 5.82 Å². The maximum atomic E-state index is 10.6. The van der Waals surface area contributed by atoms with Gasteiger partial charge in [0, 0.05) is 6.08 Å². The lowest BCUT2D eigenvalue weighted by Gasteiger charge is -1.87. The van der Waals surface area contributed by atoms with Gasteiger partial charge in [0.05, 0.1) is 23.4 Å². The maximum absolute atomic E-state index is 10.6. The van der Waals surface area contributed by atoms with E-state index in [1.54, 1.807) is 6.92 Å². The molecule has 0 saturated carbocycles. The van der Waals surface area contributed by atoms with E-state index in [2.05, 4.69) is 5.10 Å². The van der Waals surface area contributed by atoms with E-state index in [0.717, 1.165) is 6.08 Å². The minimum Gasteiger partial charge on any atom is -0.366 e. The van der Waals surface area contributed by atoms with Crippen molar-refractivity contribution in [3.05, 3.63) is 28.0 Å². The van der Waals surface area contributed by atoms with Crippen LogP contribution < -0.4 is 5.73 Å². The first kappa shape index (κ1) is 10.9. The number of carbonyl (C=O) groups excluding carboxylic acids is 1. The summed E-state index contributed by atoms with van der Waals surface area (Å²) >= 11 is 0. The summed E-state index contributed by atoms with van der Waals surface area (Å²) in [5.41, 5.74) is 5.15. The highest BCUT2D eigenvalue weighted by atomic mass is 16.6. The van der Waals surface area contributed by atoms with Gasteiger partial charge in [0.1, 0.15) is 0 Å². The number of amides is 1. The van der Waals surface area contributed by atoms with Gasteiger partial charge in [-0.25, -0.2) is 0 Å². The molecule has 0 unspecified atom stereocenters. The first-order valence-corrected chi connectivity index (χ1v) is 4.24. The molecule has 0 aromatic carbocycles. The van der Waals surface area contributed by atoms with Crippen molar-refractivity contribution in [3.63, 3.8) is 0 Å². The Morgan fingerprint density at radius 3 is 2.93 bits per heavy atom. The fourth-order valence-corrected chi connectivity index (χ4v) is 1.02. The lowest BCUT2D eigenvalue weighted by Crippen LogP contribution is -2.05. The van der Waals surface area contributed by atoms with Crippen LogP contribution in [0.5, 0.6) is 0 Å². The van der Waals surface area contributed by atoms with Crippen LogP contribution in [0.3, 0.4) is 0 Å². The molecule has 0 aliphatic heterocycles. The van der Waals surface area contributed by atoms with Crippen LogP contribution in [0.15, 0.2) is 12.3 Å². The first-order valence-electron chi connectivity index (χ1n) is 4.24. The molecule has 80 valence electrons. The number of aromatic nitrogens is 2. The second-order valence-electron chi connectivity index (χ2n) is 2.76. The summed E-state index contributed by atoms with van der Waals surface area (Å²) in [6, 6.07) is 0. The van der Waals surface area contributed by atoms with Crippen molar-refractivity contribution in [2.24, 2.45) is 5.73 Å². The average molecular weight is 210 g/mol. The molecule has 7 heteroatoms. The SMILES string of the molecule is CCn1cc(/C=C/C(N)=O)c([N+](=O)[O-])n1. The quantitative estimate of drug-likeness (QED) is 0.438. The Kier molecular flexibility index (Phi) is 3.17. The Balaban J connectivity index is 3.09. The van der Waals surface area contributed by atoms with E-state index in [4.69, 9.17) is 5.73 Å². The van der Waals surface area contributed by atoms with Crippen LogP contribution in [0.1, 0.15) is 12.5 Å². The summed E-state index contributed by atoms with van der Waals surface area (Å²) in [6.45, 7) is 2.32. The molecular weight excluding hydrogens is 200 g/mol. The van der Waals surface area contributed by atoms with E-state index in [1.165, 1.54) is 17.0 Å². The second kappa shape index (κ2) is 4.36. The smallest absolute Gasteiger partial charge is 0.366 e. The van der Waals surface area contributed by atoms with E-state index in [9.17, 15) is 14.9 Å². The lowest BCUT2D eigenvalue weighted by atomic mass is 10.3. The van der Waals surface area contributed by atoms with Crippen LogP contribution >= 0.6 is 0 Å². The molecule has 0 aliphatic rings. The predicted molar refractivity (Wildman–Crippen MR) is 52.8 cm³/mol. The largest absolute Gasteiger partial charge is 0.397 e. The molecule has 0 saturated heterocycles. The molecule has 2 N–H and O–H groups in total. The number of nitrogens with two attached hydrogens (primary N) is 1. The van der Waals surface area contributed by atoms with Gasteiger partial charge < -0.3 is 15.8 Å². The van der Waals surface area contributed by atoms with Crippen molar-refractivity contribution in [3.8, 4) is 0 Å². The Hall–Kier alpha value is -2.18. The molecule has 0 atom stereocenters. The molecule has 0 fully saturated rings. The topological polar surface area (TPSA) is 104 Å². The molecule has 1 aromatic rings. The molecule has 1 aromatic heterocycles. The third-order valence-corrected chi connectivity index (χ3v) is 1.69. The Labute approximate surface area is 85.3 Å². The van der Waals surface area contributed by atoms with Crippen LogP contribution in [0.2, 0.25) is 0 Å². The number of hydrogen-bond acceptors (Lipinski definition) is 4. The van der Waals surface area contributed by atoms with Crippen molar-refractivity contribution < 1.29 is 9.72 Å². The first-order chi connectivity index (χ1) is 7.04. The number of nitrogens with zero attached hydrogens (tertiary/aromatic N) is 3. The summed E-state index contributed by atoms with van der Waals surface area (Å²) in [4.78, 5) is 20.4. The number of hydrogen-bond donors (Lipinski definition) is 1. The molecule has 0 radical (unpaired) electrons. The molecule has 7 nitrogen and oxygen atoms in total. The normalized spacial score (nSPS) is 10.7. The molecule has 1 amide bonds. The van der Waals surface area contributed by atoms with Crippen LogP contribution in [0.25, 0.3) is 6.08 Å². The predicted octanol–water partition coefficient (Wildman–Crippen LogP) is 0.310. The van der Waals surface area contributed by atoms with Crippen molar-refractivity contribution in [2.45, 2.75) is 13.5 Å². The van der Waals surface area contributed by atoms with Crippen molar-refractivity contribution in [2.75, 3.05) is 0 Å². The van der Waals surface area contributed by atoms with Gasteiger partial charge >= 0.3 is 5.82 Å². The zero-order chi connectivity index (χ0) is 11.4. The zero-order valence-corrected chi connectivity index (χ0v) is 8.08. The van der Waals surface area contributed by atoms with Gasteiger partial charge in [-0.15, -0.1) is 0 Å². The second-order valence-corrected chi connectivity index (χ2v) is 2.76. The number of rotatable bonds is 4. The minimum atomic E-state index is -0.659. The van der Waals surface area contributed by atoms with Gasteiger partial charge in [-0.3, -0.25) is 4.79 Å². The van der Waals surface area contributed by atoms with Crippen molar-refractivity contribution in [1.82, 2.24) is 9.78 Å². The fourth-order valence-electron chi connectivity index (χ4n) is 1.02. The molecule has 15 heavy (non-hydrogen) atoms. The number of aryl methyl sites for hydroxylation is 1. The highest BCUT2D eigenvalue weighted by molar-refractivity contribution is 5.90. The molecule has 0 bridgehead atoms. The van der Waals surface area contributed by atoms with Crippen molar-refractivity contribution in [1.29, 1.82) is 0 Å². The Morgan fingerprint density at radius 2 is 2.47 bits per heavy atom. The van der Waals surface area contributed by atoms with Crippen LogP contribution in [-0.2, 0) is 11.3 Å². The monoisotopic (exact) mass is 210 g/mol. The van der Waals surface area contributed by atoms with E-state index >= 15 is 0 Å². The summed E-state index contributed by atoms with van der Waals surface area (Å²) in [7, 11) is 0. The van der Waals surface area contributed by atoms with Gasteiger partial charge in [0.25, 0.3) is 0 Å². The standard InChI is InChI=1S/C8H10N4O3/c1-2-11-5-6(3-4-7(9)13)8(10-11)12(14)15/h3-5H,2H2,1H3,(H2,9,13)/b4-3+. The lowest BCUT2D eigenvalue weighted by molar-refractivity contribution is -0.390. The maximum Gasteiger partial charge on any atom is 0.397 e. The minimum absolute atomic E-state index is 0.264. The molecule has 1 heterocycles. The highest BCUT2D eigenvalue weighted by Gasteiger charge is 2.17. The third kappa shape index (κ3) is 2.63. The number of primary amides is 1. The average Bonchev–Trinajstić information content (AvgIpc) is 2.57. The Bertz CT molecular complexity index is 422. The molecular formula is C8H10N4O3. The van der Waals surface area contributed by atoms with Gasteiger partial charge in [0.15, 0.2) is 0 Å². The van der Waals surface area contributed by atoms with E-state index in [1.807, 2.05) is 0 Å². The van der Waals surface area contributed by atoms with Gasteiger partial charge in [-0.05, 0) is 17.9 Å².